The average molecular weight is 363 g/mol. The zero-order valence-corrected chi connectivity index (χ0v) is 15.7. The van der Waals surface area contributed by atoms with E-state index in [4.69, 9.17) is 9.26 Å². The fourth-order valence-corrected chi connectivity index (χ4v) is 7.07. The first-order valence-electron chi connectivity index (χ1n) is 9.25. The van der Waals surface area contributed by atoms with E-state index in [0.29, 0.717) is 0 Å². The average Bonchev–Trinajstić information content (AvgIpc) is 2.75. The van der Waals surface area contributed by atoms with Crippen LogP contribution in [0.25, 0.3) is 0 Å². The Morgan fingerprint density at radius 2 is 1.12 bits per heavy atom. The van der Waals surface area contributed by atoms with Crippen molar-refractivity contribution < 1.29 is 9.26 Å². The zero-order valence-electron chi connectivity index (χ0n) is 14.8. The molecule has 26 heavy (non-hydrogen) atoms. The maximum atomic E-state index is 6.93. The van der Waals surface area contributed by atoms with Gasteiger partial charge in [0.05, 0.1) is 0 Å². The van der Waals surface area contributed by atoms with Crippen LogP contribution in [0.15, 0.2) is 91.0 Å². The van der Waals surface area contributed by atoms with Gasteiger partial charge in [0.2, 0.25) is 13.8 Å². The van der Waals surface area contributed by atoms with Crippen molar-refractivity contribution in [1.82, 2.24) is 0 Å². The van der Waals surface area contributed by atoms with Crippen LogP contribution >= 0.6 is 7.49 Å². The van der Waals surface area contributed by atoms with Crippen LogP contribution in [0.2, 0.25) is 0 Å². The van der Waals surface area contributed by atoms with E-state index in [1.165, 1.54) is 15.9 Å². The fourth-order valence-electron chi connectivity index (χ4n) is 3.51. The third kappa shape index (κ3) is 3.46. The largest absolute Gasteiger partial charge is 0.349 e. The lowest BCUT2D eigenvalue weighted by atomic mass is 10.2. The molecule has 0 bridgehead atoms. The molecule has 4 rings (SSSR count). The van der Waals surface area contributed by atoms with Crippen LogP contribution < -0.4 is 15.9 Å². The summed E-state index contributed by atoms with van der Waals surface area (Å²) in [5.74, 6) is 0. The van der Waals surface area contributed by atoms with E-state index < -0.39 is 7.49 Å². The van der Waals surface area contributed by atoms with Gasteiger partial charge in [0, 0.05) is 13.0 Å². The smallest absolute Gasteiger partial charge is 0.246 e. The third-order valence-corrected chi connectivity index (χ3v) is 8.40. The Bertz CT molecular complexity index is 703. The summed E-state index contributed by atoms with van der Waals surface area (Å²) in [7, 11) is -2.25. The van der Waals surface area contributed by atoms with Crippen molar-refractivity contribution in [3.8, 4) is 0 Å². The lowest BCUT2D eigenvalue weighted by molar-refractivity contribution is -0.100. The molecular formula is C23H24O2P+. The summed E-state index contributed by atoms with van der Waals surface area (Å²) in [6, 6.07) is 31.9. The van der Waals surface area contributed by atoms with Gasteiger partial charge in [-0.05, 0) is 49.2 Å². The molecule has 0 N–H and O–H groups in total. The molecule has 0 spiro atoms. The number of ether oxygens (including phenoxy) is 1. The van der Waals surface area contributed by atoms with E-state index >= 15 is 0 Å². The molecule has 3 heteroatoms. The van der Waals surface area contributed by atoms with Gasteiger partial charge in [-0.1, -0.05) is 54.6 Å². The predicted octanol–water partition coefficient (Wildman–Crippen LogP) is 4.44. The summed E-state index contributed by atoms with van der Waals surface area (Å²) in [6.45, 7) is 0.781. The van der Waals surface area contributed by atoms with E-state index in [9.17, 15) is 0 Å². The lowest BCUT2D eigenvalue weighted by Gasteiger charge is -2.31. The summed E-state index contributed by atoms with van der Waals surface area (Å²) in [4.78, 5) is 0. The SMILES string of the molecule is c1ccc([P+](OC2CCCCO2)(c2ccccc2)c2ccccc2)cc1. The first kappa shape index (κ1) is 17.4. The number of hydrogen-bond donors (Lipinski definition) is 0. The Morgan fingerprint density at radius 3 is 1.50 bits per heavy atom. The first-order valence-corrected chi connectivity index (χ1v) is 11.0. The molecule has 0 aromatic heterocycles. The molecule has 0 saturated carbocycles. The highest BCUT2D eigenvalue weighted by Gasteiger charge is 2.50. The molecule has 1 atom stereocenters. The second kappa shape index (κ2) is 8.14. The lowest BCUT2D eigenvalue weighted by Crippen LogP contribution is -2.37. The molecule has 0 aliphatic carbocycles. The second-order valence-corrected chi connectivity index (χ2v) is 9.50. The van der Waals surface area contributed by atoms with E-state index in [0.717, 1.165) is 25.9 Å². The van der Waals surface area contributed by atoms with Crippen LogP contribution in [0.4, 0.5) is 0 Å². The standard InChI is InChI=1S/C23H24O2P/c1-4-12-20(13-5-1)26(21-14-6-2-7-15-21,22-16-8-3-9-17-22)25-23-18-10-11-19-24-23/h1-9,12-17,23H,10-11,18-19H2/q+1. The quantitative estimate of drug-likeness (QED) is 0.624. The monoisotopic (exact) mass is 363 g/mol. The van der Waals surface area contributed by atoms with Crippen LogP contribution in [0.5, 0.6) is 0 Å². The maximum absolute atomic E-state index is 6.93. The van der Waals surface area contributed by atoms with E-state index in [-0.39, 0.29) is 6.29 Å². The Morgan fingerprint density at radius 1 is 0.654 bits per heavy atom. The minimum Gasteiger partial charge on any atom is -0.349 e. The van der Waals surface area contributed by atoms with Crippen molar-refractivity contribution in [2.24, 2.45) is 0 Å². The number of benzene rings is 3. The van der Waals surface area contributed by atoms with Crippen molar-refractivity contribution in [3.05, 3.63) is 91.0 Å². The minimum absolute atomic E-state index is 0.155. The second-order valence-electron chi connectivity index (χ2n) is 6.52. The van der Waals surface area contributed by atoms with Crippen LogP contribution in [-0.2, 0) is 9.26 Å². The first-order chi connectivity index (χ1) is 12.9. The van der Waals surface area contributed by atoms with Gasteiger partial charge < -0.3 is 4.74 Å². The molecule has 3 aromatic rings. The van der Waals surface area contributed by atoms with Crippen molar-refractivity contribution in [2.45, 2.75) is 25.6 Å². The zero-order chi connectivity index (χ0) is 17.7. The van der Waals surface area contributed by atoms with Crippen LogP contribution in [0.1, 0.15) is 19.3 Å². The molecule has 1 aliphatic rings. The molecule has 1 heterocycles. The van der Waals surface area contributed by atoms with Gasteiger partial charge in [0.1, 0.15) is 15.9 Å². The van der Waals surface area contributed by atoms with Gasteiger partial charge in [-0.3, -0.25) is 0 Å². The highest BCUT2D eigenvalue weighted by molar-refractivity contribution is 7.91. The normalized spacial score (nSPS) is 17.8. The van der Waals surface area contributed by atoms with E-state index in [1.54, 1.807) is 0 Å². The van der Waals surface area contributed by atoms with Crippen molar-refractivity contribution in [1.29, 1.82) is 0 Å². The molecule has 1 fully saturated rings. The molecule has 0 amide bonds. The van der Waals surface area contributed by atoms with Gasteiger partial charge >= 0.3 is 0 Å². The van der Waals surface area contributed by atoms with Gasteiger partial charge in [0.25, 0.3) is 0 Å². The van der Waals surface area contributed by atoms with E-state index in [1.807, 2.05) is 0 Å². The minimum atomic E-state index is -2.25. The predicted molar refractivity (Wildman–Crippen MR) is 110 cm³/mol. The molecule has 3 aromatic carbocycles. The number of hydrogen-bond acceptors (Lipinski definition) is 2. The Balaban J connectivity index is 1.90. The van der Waals surface area contributed by atoms with Gasteiger partial charge in [0.15, 0.2) is 0 Å². The third-order valence-electron chi connectivity index (χ3n) is 4.77. The maximum Gasteiger partial charge on any atom is 0.246 e. The molecule has 2 nitrogen and oxygen atoms in total. The Hall–Kier alpha value is -1.99. The molecule has 132 valence electrons. The van der Waals surface area contributed by atoms with Crippen molar-refractivity contribution >= 4 is 23.4 Å². The van der Waals surface area contributed by atoms with Gasteiger partial charge in [-0.15, -0.1) is 0 Å². The topological polar surface area (TPSA) is 18.5 Å². The van der Waals surface area contributed by atoms with Crippen molar-refractivity contribution in [3.63, 3.8) is 0 Å². The Kier molecular flexibility index (Phi) is 5.45. The van der Waals surface area contributed by atoms with Gasteiger partial charge in [-0.25, -0.2) is 0 Å². The molecule has 1 saturated heterocycles. The molecular weight excluding hydrogens is 339 g/mol. The summed E-state index contributed by atoms with van der Waals surface area (Å²) in [5.41, 5.74) is 0. The van der Waals surface area contributed by atoms with Crippen LogP contribution in [0, 0.1) is 0 Å². The summed E-state index contributed by atoms with van der Waals surface area (Å²) in [6.07, 6.45) is 3.07. The molecule has 1 unspecified atom stereocenters. The Labute approximate surface area is 156 Å². The summed E-state index contributed by atoms with van der Waals surface area (Å²) in [5, 5.41) is 3.68. The van der Waals surface area contributed by atoms with Crippen molar-refractivity contribution in [2.75, 3.05) is 6.61 Å². The number of rotatable bonds is 5. The van der Waals surface area contributed by atoms with Gasteiger partial charge in [-0.2, -0.15) is 4.52 Å². The highest BCUT2D eigenvalue weighted by atomic mass is 31.2. The summed E-state index contributed by atoms with van der Waals surface area (Å²) < 4.78 is 12.9. The van der Waals surface area contributed by atoms with Crippen LogP contribution in [0.3, 0.4) is 0 Å². The fraction of sp³-hybridized carbons (Fsp3) is 0.217. The van der Waals surface area contributed by atoms with Crippen LogP contribution in [-0.4, -0.2) is 12.9 Å². The van der Waals surface area contributed by atoms with E-state index in [2.05, 4.69) is 91.0 Å². The highest BCUT2D eigenvalue weighted by Crippen LogP contribution is 2.58. The molecule has 1 aliphatic heterocycles. The molecule has 0 radical (unpaired) electrons. The summed E-state index contributed by atoms with van der Waals surface area (Å²) >= 11 is 0.